The summed E-state index contributed by atoms with van der Waals surface area (Å²) in [6.45, 7) is 6.78. The molecule has 3 aliphatic rings. The highest BCUT2D eigenvalue weighted by Crippen LogP contribution is 2.36. The predicted molar refractivity (Wildman–Crippen MR) is 83.0 cm³/mol. The van der Waals surface area contributed by atoms with Crippen LogP contribution >= 0.6 is 0 Å². The third-order valence-corrected chi connectivity index (χ3v) is 5.61. The van der Waals surface area contributed by atoms with Crippen molar-refractivity contribution in [3.8, 4) is 0 Å². The van der Waals surface area contributed by atoms with Crippen molar-refractivity contribution in [3.63, 3.8) is 0 Å². The van der Waals surface area contributed by atoms with E-state index in [1.807, 2.05) is 0 Å². The molecular formula is C17H32N2O. The van der Waals surface area contributed by atoms with Crippen molar-refractivity contribution < 1.29 is 4.74 Å². The first kappa shape index (κ1) is 14.8. The number of likely N-dealkylation sites (N-methyl/N-ethyl adjacent to an activating group) is 1. The molecular weight excluding hydrogens is 248 g/mol. The van der Waals surface area contributed by atoms with Crippen LogP contribution in [0.5, 0.6) is 0 Å². The molecule has 116 valence electrons. The first-order valence-corrected chi connectivity index (χ1v) is 8.97. The van der Waals surface area contributed by atoms with Gasteiger partial charge in [-0.15, -0.1) is 0 Å². The van der Waals surface area contributed by atoms with Crippen molar-refractivity contribution in [3.05, 3.63) is 0 Å². The summed E-state index contributed by atoms with van der Waals surface area (Å²) in [5, 5.41) is 3.42. The molecule has 1 aliphatic carbocycles. The number of rotatable bonds is 6. The molecule has 3 nitrogen and oxygen atoms in total. The van der Waals surface area contributed by atoms with Crippen LogP contribution in [-0.2, 0) is 4.74 Å². The molecule has 3 heteroatoms. The summed E-state index contributed by atoms with van der Waals surface area (Å²) in [4.78, 5) is 2.77. The Morgan fingerprint density at radius 2 is 1.80 bits per heavy atom. The van der Waals surface area contributed by atoms with Crippen molar-refractivity contribution in [2.45, 2.75) is 76.5 Å². The van der Waals surface area contributed by atoms with Gasteiger partial charge in [0.05, 0.1) is 12.2 Å². The van der Waals surface area contributed by atoms with Crippen LogP contribution in [0.25, 0.3) is 0 Å². The van der Waals surface area contributed by atoms with Gasteiger partial charge in [-0.25, -0.2) is 0 Å². The first-order valence-electron chi connectivity index (χ1n) is 8.97. The van der Waals surface area contributed by atoms with Gasteiger partial charge >= 0.3 is 0 Å². The monoisotopic (exact) mass is 280 g/mol. The Bertz CT molecular complexity index is 291. The highest BCUT2D eigenvalue weighted by atomic mass is 16.5. The fourth-order valence-corrected chi connectivity index (χ4v) is 4.59. The molecule has 2 saturated heterocycles. The standard InChI is InChI=1S/C17H32N2O/c1-2-18-12-15-9-10-16(20-15)13-19-11-5-8-17(19)14-6-3-4-7-14/h14-18H,2-13H2,1H3. The van der Waals surface area contributed by atoms with Crippen molar-refractivity contribution in [1.29, 1.82) is 0 Å². The fourth-order valence-electron chi connectivity index (χ4n) is 4.59. The number of hydrogen-bond acceptors (Lipinski definition) is 3. The van der Waals surface area contributed by atoms with Crippen molar-refractivity contribution in [2.75, 3.05) is 26.2 Å². The summed E-state index contributed by atoms with van der Waals surface area (Å²) >= 11 is 0. The molecule has 0 aromatic carbocycles. The Morgan fingerprint density at radius 3 is 2.60 bits per heavy atom. The van der Waals surface area contributed by atoms with E-state index in [9.17, 15) is 0 Å². The molecule has 3 unspecified atom stereocenters. The first-order chi connectivity index (χ1) is 9.86. The van der Waals surface area contributed by atoms with Crippen LogP contribution in [0, 0.1) is 5.92 Å². The second-order valence-corrected chi connectivity index (χ2v) is 7.01. The van der Waals surface area contributed by atoms with E-state index < -0.39 is 0 Å². The molecule has 2 aliphatic heterocycles. The van der Waals surface area contributed by atoms with Crippen LogP contribution in [0.2, 0.25) is 0 Å². The lowest BCUT2D eigenvalue weighted by molar-refractivity contribution is 0.0163. The Balaban J connectivity index is 1.45. The normalized spacial score (nSPS) is 36.1. The number of ether oxygens (including phenoxy) is 1. The summed E-state index contributed by atoms with van der Waals surface area (Å²) in [5.74, 6) is 0.997. The zero-order valence-electron chi connectivity index (χ0n) is 13.2. The quantitative estimate of drug-likeness (QED) is 0.810. The smallest absolute Gasteiger partial charge is 0.0707 e. The maximum atomic E-state index is 6.23. The summed E-state index contributed by atoms with van der Waals surface area (Å²) in [7, 11) is 0. The second-order valence-electron chi connectivity index (χ2n) is 7.01. The molecule has 1 N–H and O–H groups in total. The zero-order chi connectivity index (χ0) is 13.8. The minimum Gasteiger partial charge on any atom is -0.372 e. The van der Waals surface area contributed by atoms with Crippen LogP contribution in [0.15, 0.2) is 0 Å². The van der Waals surface area contributed by atoms with Gasteiger partial charge in [-0.2, -0.15) is 0 Å². The molecule has 1 saturated carbocycles. The van der Waals surface area contributed by atoms with Gasteiger partial charge in [0.1, 0.15) is 0 Å². The van der Waals surface area contributed by atoms with E-state index in [4.69, 9.17) is 4.74 Å². The van der Waals surface area contributed by atoms with Gasteiger partial charge in [0.15, 0.2) is 0 Å². The fraction of sp³-hybridized carbons (Fsp3) is 1.00. The van der Waals surface area contributed by atoms with Crippen LogP contribution in [-0.4, -0.2) is 49.3 Å². The van der Waals surface area contributed by atoms with Gasteiger partial charge in [-0.1, -0.05) is 19.8 Å². The van der Waals surface area contributed by atoms with Crippen molar-refractivity contribution in [2.24, 2.45) is 5.92 Å². The number of hydrogen-bond donors (Lipinski definition) is 1. The molecule has 20 heavy (non-hydrogen) atoms. The molecule has 0 aromatic heterocycles. The summed E-state index contributed by atoms with van der Waals surface area (Å²) in [6.07, 6.45) is 12.2. The lowest BCUT2D eigenvalue weighted by Gasteiger charge is -2.31. The van der Waals surface area contributed by atoms with E-state index in [2.05, 4.69) is 17.1 Å². The highest BCUT2D eigenvalue weighted by molar-refractivity contribution is 4.89. The Hall–Kier alpha value is -0.120. The molecule has 0 radical (unpaired) electrons. The van der Waals surface area contributed by atoms with Gasteiger partial charge in [-0.05, 0) is 57.5 Å². The Labute approximate surface area is 124 Å². The number of likely N-dealkylation sites (tertiary alicyclic amines) is 1. The molecule has 0 bridgehead atoms. The zero-order valence-corrected chi connectivity index (χ0v) is 13.2. The third kappa shape index (κ3) is 3.55. The Kier molecular flexibility index (Phi) is 5.36. The third-order valence-electron chi connectivity index (χ3n) is 5.61. The largest absolute Gasteiger partial charge is 0.372 e. The molecule has 3 rings (SSSR count). The molecule has 2 heterocycles. The topological polar surface area (TPSA) is 24.5 Å². The van der Waals surface area contributed by atoms with Gasteiger partial charge in [0.25, 0.3) is 0 Å². The van der Waals surface area contributed by atoms with Crippen LogP contribution in [0.4, 0.5) is 0 Å². The van der Waals surface area contributed by atoms with E-state index in [0.717, 1.165) is 25.0 Å². The minimum absolute atomic E-state index is 0.465. The summed E-state index contributed by atoms with van der Waals surface area (Å²) in [6, 6.07) is 0.883. The van der Waals surface area contributed by atoms with Crippen molar-refractivity contribution in [1.82, 2.24) is 10.2 Å². The maximum Gasteiger partial charge on any atom is 0.0707 e. The average molecular weight is 280 g/mol. The van der Waals surface area contributed by atoms with Gasteiger partial charge < -0.3 is 10.1 Å². The average Bonchev–Trinajstić information content (AvgIpc) is 3.18. The van der Waals surface area contributed by atoms with Crippen LogP contribution in [0.3, 0.4) is 0 Å². The maximum absolute atomic E-state index is 6.23. The number of nitrogens with one attached hydrogen (secondary N) is 1. The Morgan fingerprint density at radius 1 is 1.00 bits per heavy atom. The lowest BCUT2D eigenvalue weighted by Crippen LogP contribution is -2.40. The lowest BCUT2D eigenvalue weighted by atomic mass is 9.96. The van der Waals surface area contributed by atoms with Crippen LogP contribution in [0.1, 0.15) is 58.3 Å². The SMILES string of the molecule is CCNCC1CCC(CN2CCCC2C2CCCC2)O1. The molecule has 3 fully saturated rings. The van der Waals surface area contributed by atoms with E-state index in [1.165, 1.54) is 64.5 Å². The molecule has 3 atom stereocenters. The second kappa shape index (κ2) is 7.24. The van der Waals surface area contributed by atoms with E-state index >= 15 is 0 Å². The molecule has 0 spiro atoms. The summed E-state index contributed by atoms with van der Waals surface area (Å²) in [5.41, 5.74) is 0. The van der Waals surface area contributed by atoms with Crippen molar-refractivity contribution >= 4 is 0 Å². The molecule has 0 aromatic rings. The van der Waals surface area contributed by atoms with E-state index in [1.54, 1.807) is 0 Å². The van der Waals surface area contributed by atoms with Gasteiger partial charge in [0, 0.05) is 19.1 Å². The van der Waals surface area contributed by atoms with Gasteiger partial charge in [-0.3, -0.25) is 4.90 Å². The molecule has 0 amide bonds. The van der Waals surface area contributed by atoms with Crippen LogP contribution < -0.4 is 5.32 Å². The number of nitrogens with zero attached hydrogens (tertiary/aromatic N) is 1. The minimum atomic E-state index is 0.465. The van der Waals surface area contributed by atoms with E-state index in [0.29, 0.717) is 12.2 Å². The van der Waals surface area contributed by atoms with Gasteiger partial charge in [0.2, 0.25) is 0 Å². The highest BCUT2D eigenvalue weighted by Gasteiger charge is 2.35. The van der Waals surface area contributed by atoms with E-state index in [-0.39, 0.29) is 0 Å². The summed E-state index contributed by atoms with van der Waals surface area (Å²) < 4.78 is 6.23. The predicted octanol–water partition coefficient (Wildman–Crippen LogP) is 2.80.